The second kappa shape index (κ2) is 5.72. The molecule has 0 amide bonds. The fraction of sp³-hybridized carbons (Fsp3) is 0.412. The monoisotopic (exact) mass is 257 g/mol. The minimum Gasteiger partial charge on any atom is -0.374 e. The summed E-state index contributed by atoms with van der Waals surface area (Å²) in [6.45, 7) is 6.75. The smallest absolute Gasteiger partial charge is 0.0627 e. The Morgan fingerprint density at radius 3 is 2.47 bits per heavy atom. The number of ether oxygens (including phenoxy) is 1. The highest BCUT2D eigenvalue weighted by Crippen LogP contribution is 2.19. The van der Waals surface area contributed by atoms with E-state index in [0.29, 0.717) is 6.61 Å². The van der Waals surface area contributed by atoms with E-state index in [1.54, 1.807) is 0 Å². The molecule has 2 aromatic rings. The number of nitrogens with two attached hydrogens (primary N) is 1. The van der Waals surface area contributed by atoms with Crippen LogP contribution in [0, 0.1) is 0 Å². The highest BCUT2D eigenvalue weighted by Gasteiger charge is 2.13. The third kappa shape index (κ3) is 4.05. The van der Waals surface area contributed by atoms with Gasteiger partial charge in [0.25, 0.3) is 0 Å². The van der Waals surface area contributed by atoms with Crippen molar-refractivity contribution in [1.29, 1.82) is 0 Å². The van der Waals surface area contributed by atoms with Gasteiger partial charge in [0, 0.05) is 6.04 Å². The van der Waals surface area contributed by atoms with Crippen LogP contribution in [0.2, 0.25) is 0 Å². The van der Waals surface area contributed by atoms with Gasteiger partial charge < -0.3 is 10.5 Å². The first kappa shape index (κ1) is 14.0. The van der Waals surface area contributed by atoms with Crippen molar-refractivity contribution in [2.24, 2.45) is 5.73 Å². The highest BCUT2D eigenvalue weighted by atomic mass is 16.5. The third-order valence-corrected chi connectivity index (χ3v) is 3.09. The van der Waals surface area contributed by atoms with Gasteiger partial charge in [0.1, 0.15) is 0 Å². The van der Waals surface area contributed by atoms with Gasteiger partial charge in [-0.3, -0.25) is 0 Å². The molecule has 19 heavy (non-hydrogen) atoms. The zero-order valence-electron chi connectivity index (χ0n) is 12.0. The maximum Gasteiger partial charge on any atom is 0.0627 e. The minimum atomic E-state index is -0.129. The Labute approximate surface area is 115 Å². The Kier molecular flexibility index (Phi) is 4.23. The van der Waals surface area contributed by atoms with Crippen molar-refractivity contribution >= 4 is 10.8 Å². The predicted molar refractivity (Wildman–Crippen MR) is 81.3 cm³/mol. The molecule has 0 aliphatic heterocycles. The van der Waals surface area contributed by atoms with Crippen LogP contribution >= 0.6 is 0 Å². The van der Waals surface area contributed by atoms with Gasteiger partial charge in [-0.05, 0) is 43.5 Å². The Morgan fingerprint density at radius 2 is 1.74 bits per heavy atom. The van der Waals surface area contributed by atoms with Crippen LogP contribution in [0.15, 0.2) is 42.5 Å². The summed E-state index contributed by atoms with van der Waals surface area (Å²) in [7, 11) is 0. The van der Waals surface area contributed by atoms with E-state index < -0.39 is 0 Å². The zero-order chi connectivity index (χ0) is 13.9. The summed E-state index contributed by atoms with van der Waals surface area (Å²) in [6.07, 6.45) is 0.845. The molecule has 0 heterocycles. The van der Waals surface area contributed by atoms with Crippen LogP contribution in [0.3, 0.4) is 0 Å². The Balaban J connectivity index is 2.09. The van der Waals surface area contributed by atoms with Gasteiger partial charge in [0.2, 0.25) is 0 Å². The van der Waals surface area contributed by atoms with E-state index in [-0.39, 0.29) is 11.6 Å². The molecule has 2 heteroatoms. The van der Waals surface area contributed by atoms with Crippen LogP contribution in [-0.4, -0.2) is 18.2 Å². The lowest BCUT2D eigenvalue weighted by atomic mass is 9.99. The summed E-state index contributed by atoms with van der Waals surface area (Å²) in [5, 5.41) is 2.56. The molecule has 2 nitrogen and oxygen atoms in total. The number of rotatable bonds is 4. The molecule has 1 unspecified atom stereocenters. The molecule has 0 saturated carbocycles. The van der Waals surface area contributed by atoms with Gasteiger partial charge >= 0.3 is 0 Å². The first-order valence-corrected chi connectivity index (χ1v) is 6.82. The maximum absolute atomic E-state index is 6.18. The lowest BCUT2D eigenvalue weighted by Gasteiger charge is -2.22. The van der Waals surface area contributed by atoms with Crippen molar-refractivity contribution in [2.75, 3.05) is 6.61 Å². The van der Waals surface area contributed by atoms with Crippen LogP contribution in [0.1, 0.15) is 26.3 Å². The molecular formula is C17H23NO. The van der Waals surface area contributed by atoms with Crippen molar-refractivity contribution < 1.29 is 4.74 Å². The van der Waals surface area contributed by atoms with E-state index in [4.69, 9.17) is 10.5 Å². The van der Waals surface area contributed by atoms with E-state index in [2.05, 4.69) is 63.2 Å². The molecule has 1 atom stereocenters. The second-order valence-electron chi connectivity index (χ2n) is 6.03. The van der Waals surface area contributed by atoms with Crippen molar-refractivity contribution in [3.8, 4) is 0 Å². The van der Waals surface area contributed by atoms with Crippen LogP contribution < -0.4 is 5.73 Å². The topological polar surface area (TPSA) is 35.2 Å². The molecule has 0 saturated heterocycles. The van der Waals surface area contributed by atoms with E-state index in [0.717, 1.165) is 6.42 Å². The molecule has 0 aromatic heterocycles. The highest BCUT2D eigenvalue weighted by molar-refractivity contribution is 5.85. The van der Waals surface area contributed by atoms with E-state index in [1.165, 1.54) is 16.3 Å². The van der Waals surface area contributed by atoms with Crippen LogP contribution in [0.5, 0.6) is 0 Å². The molecule has 102 valence electrons. The maximum atomic E-state index is 6.18. The van der Waals surface area contributed by atoms with Crippen molar-refractivity contribution in [3.05, 3.63) is 48.0 Å². The minimum absolute atomic E-state index is 0.0324. The lowest BCUT2D eigenvalue weighted by Crippen LogP contribution is -2.33. The summed E-state index contributed by atoms with van der Waals surface area (Å²) in [6, 6.07) is 14.8. The van der Waals surface area contributed by atoms with Crippen molar-refractivity contribution in [3.63, 3.8) is 0 Å². The molecule has 2 aromatic carbocycles. The lowest BCUT2D eigenvalue weighted by molar-refractivity contribution is -0.00980. The van der Waals surface area contributed by atoms with E-state index in [1.807, 2.05) is 0 Å². The molecule has 2 N–H and O–H groups in total. The molecular weight excluding hydrogens is 234 g/mol. The SMILES string of the molecule is CC(C)(C)OCC(N)Cc1cccc2ccccc12. The van der Waals surface area contributed by atoms with Crippen molar-refractivity contribution in [2.45, 2.75) is 38.8 Å². The van der Waals surface area contributed by atoms with Crippen LogP contribution in [0.4, 0.5) is 0 Å². The summed E-state index contributed by atoms with van der Waals surface area (Å²) < 4.78 is 5.75. The molecule has 0 spiro atoms. The zero-order valence-corrected chi connectivity index (χ0v) is 12.0. The quantitative estimate of drug-likeness (QED) is 0.909. The summed E-state index contributed by atoms with van der Waals surface area (Å²) in [4.78, 5) is 0. The normalized spacial score (nSPS) is 13.7. The van der Waals surface area contributed by atoms with Gasteiger partial charge in [0.15, 0.2) is 0 Å². The van der Waals surface area contributed by atoms with Gasteiger partial charge in [-0.15, -0.1) is 0 Å². The molecule has 0 aliphatic rings. The fourth-order valence-electron chi connectivity index (χ4n) is 2.17. The van der Waals surface area contributed by atoms with Gasteiger partial charge in [-0.25, -0.2) is 0 Å². The predicted octanol–water partition coefficient (Wildman–Crippen LogP) is 3.52. The number of fused-ring (bicyclic) bond motifs is 1. The molecule has 0 radical (unpaired) electrons. The van der Waals surface area contributed by atoms with Gasteiger partial charge in [-0.2, -0.15) is 0 Å². The molecule has 0 fully saturated rings. The first-order valence-electron chi connectivity index (χ1n) is 6.82. The molecule has 2 rings (SSSR count). The molecule has 0 bridgehead atoms. The number of hydrogen-bond acceptors (Lipinski definition) is 2. The summed E-state index contributed by atoms with van der Waals surface area (Å²) in [5.74, 6) is 0. The first-order chi connectivity index (χ1) is 8.96. The summed E-state index contributed by atoms with van der Waals surface area (Å²) in [5.41, 5.74) is 7.34. The Bertz CT molecular complexity index is 537. The Morgan fingerprint density at radius 1 is 1.05 bits per heavy atom. The number of benzene rings is 2. The fourth-order valence-corrected chi connectivity index (χ4v) is 2.17. The third-order valence-electron chi connectivity index (χ3n) is 3.09. The number of hydrogen-bond donors (Lipinski definition) is 1. The molecule has 0 aliphatic carbocycles. The van der Waals surface area contributed by atoms with E-state index >= 15 is 0 Å². The van der Waals surface area contributed by atoms with E-state index in [9.17, 15) is 0 Å². The van der Waals surface area contributed by atoms with Crippen LogP contribution in [0.25, 0.3) is 10.8 Å². The second-order valence-corrected chi connectivity index (χ2v) is 6.03. The average molecular weight is 257 g/mol. The van der Waals surface area contributed by atoms with Crippen molar-refractivity contribution in [1.82, 2.24) is 0 Å². The van der Waals surface area contributed by atoms with Gasteiger partial charge in [-0.1, -0.05) is 42.5 Å². The van der Waals surface area contributed by atoms with Crippen LogP contribution in [-0.2, 0) is 11.2 Å². The van der Waals surface area contributed by atoms with Gasteiger partial charge in [0.05, 0.1) is 12.2 Å². The average Bonchev–Trinajstić information content (AvgIpc) is 2.36. The standard InChI is InChI=1S/C17H23NO/c1-17(2,3)19-12-15(18)11-14-9-6-8-13-7-4-5-10-16(13)14/h4-10,15H,11-12,18H2,1-3H3. The summed E-state index contributed by atoms with van der Waals surface area (Å²) >= 11 is 0. The Hall–Kier alpha value is -1.38. The largest absolute Gasteiger partial charge is 0.374 e.